The van der Waals surface area contributed by atoms with Crippen LogP contribution in [0.5, 0.6) is 0 Å². The summed E-state index contributed by atoms with van der Waals surface area (Å²) in [5.41, 5.74) is 5.73. The molecule has 0 aromatic rings. The van der Waals surface area contributed by atoms with Crippen LogP contribution in [-0.4, -0.2) is 42.5 Å². The highest BCUT2D eigenvalue weighted by atomic mass is 16.5. The molecule has 1 aliphatic heterocycles. The second-order valence-corrected chi connectivity index (χ2v) is 7.11. The van der Waals surface area contributed by atoms with Crippen molar-refractivity contribution in [2.75, 3.05) is 13.7 Å². The van der Waals surface area contributed by atoms with Crippen molar-refractivity contribution in [3.63, 3.8) is 0 Å². The summed E-state index contributed by atoms with van der Waals surface area (Å²) in [6.07, 6.45) is 0.660. The van der Waals surface area contributed by atoms with Crippen molar-refractivity contribution >= 4 is 11.9 Å². The number of esters is 1. The maximum Gasteiger partial charge on any atom is 0.328 e. The fourth-order valence-corrected chi connectivity index (χ4v) is 2.50. The van der Waals surface area contributed by atoms with Gasteiger partial charge in [-0.25, -0.2) is 4.79 Å². The van der Waals surface area contributed by atoms with Crippen LogP contribution in [0.2, 0.25) is 0 Å². The second kappa shape index (κ2) is 6.12. The quantitative estimate of drug-likeness (QED) is 0.795. The smallest absolute Gasteiger partial charge is 0.328 e. The van der Waals surface area contributed by atoms with Crippen LogP contribution in [-0.2, 0) is 14.3 Å². The van der Waals surface area contributed by atoms with E-state index in [9.17, 15) is 9.59 Å². The Hall–Kier alpha value is -1.10. The van der Waals surface area contributed by atoms with Gasteiger partial charge in [0.05, 0.1) is 13.2 Å². The van der Waals surface area contributed by atoms with E-state index in [1.54, 1.807) is 4.90 Å². The molecule has 0 saturated carbocycles. The molecule has 1 rings (SSSR count). The zero-order valence-corrected chi connectivity index (χ0v) is 13.5. The Balaban J connectivity index is 2.94. The van der Waals surface area contributed by atoms with E-state index in [1.165, 1.54) is 7.11 Å². The number of likely N-dealkylation sites (tertiary alicyclic amines) is 1. The highest BCUT2D eigenvalue weighted by Crippen LogP contribution is 2.31. The summed E-state index contributed by atoms with van der Waals surface area (Å²) >= 11 is 0. The molecule has 1 amide bonds. The maximum atomic E-state index is 12.6. The summed E-state index contributed by atoms with van der Waals surface area (Å²) in [5, 5.41) is 0. The van der Waals surface area contributed by atoms with Gasteiger partial charge in [-0.05, 0) is 23.7 Å². The molecule has 0 unspecified atom stereocenters. The molecule has 0 bridgehead atoms. The van der Waals surface area contributed by atoms with E-state index in [0.717, 1.165) is 0 Å². The monoisotopic (exact) mass is 284 g/mol. The van der Waals surface area contributed by atoms with E-state index < -0.39 is 12.1 Å². The van der Waals surface area contributed by atoms with E-state index in [2.05, 4.69) is 13.8 Å². The summed E-state index contributed by atoms with van der Waals surface area (Å²) in [6, 6.07) is -1.10. The van der Waals surface area contributed by atoms with Crippen molar-refractivity contribution in [3.05, 3.63) is 0 Å². The zero-order chi connectivity index (χ0) is 15.7. The van der Waals surface area contributed by atoms with E-state index >= 15 is 0 Å². The number of nitrogens with zero attached hydrogens (tertiary/aromatic N) is 1. The van der Waals surface area contributed by atoms with Crippen molar-refractivity contribution in [2.24, 2.45) is 23.0 Å². The van der Waals surface area contributed by atoms with Crippen molar-refractivity contribution < 1.29 is 14.3 Å². The van der Waals surface area contributed by atoms with Crippen LogP contribution < -0.4 is 5.73 Å². The van der Waals surface area contributed by atoms with E-state index in [4.69, 9.17) is 10.5 Å². The van der Waals surface area contributed by atoms with Crippen LogP contribution in [0.1, 0.15) is 41.0 Å². The number of carbonyl (C=O) groups excluding carboxylic acids is 2. The molecule has 1 heterocycles. The molecule has 5 nitrogen and oxygen atoms in total. The molecule has 0 aromatic heterocycles. The molecular weight excluding hydrogens is 256 g/mol. The third-order valence-electron chi connectivity index (χ3n) is 4.23. The van der Waals surface area contributed by atoms with Gasteiger partial charge in [0, 0.05) is 6.54 Å². The standard InChI is InChI=1S/C15H28N2O3/c1-9(2)10-7-11(14(19)20-6)17(8-10)13(18)12(16)15(3,4)5/h9-12H,7-8,16H2,1-6H3/t10-,11+,12-/m1/s1. The topological polar surface area (TPSA) is 72.6 Å². The lowest BCUT2D eigenvalue weighted by Gasteiger charge is -2.32. The first kappa shape index (κ1) is 17.0. The van der Waals surface area contributed by atoms with Crippen LogP contribution in [0.15, 0.2) is 0 Å². The first-order chi connectivity index (χ1) is 9.09. The Morgan fingerprint density at radius 1 is 1.30 bits per heavy atom. The third-order valence-corrected chi connectivity index (χ3v) is 4.23. The largest absolute Gasteiger partial charge is 0.467 e. The van der Waals surface area contributed by atoms with Gasteiger partial charge >= 0.3 is 5.97 Å². The Bertz CT molecular complexity index is 374. The van der Waals surface area contributed by atoms with Gasteiger partial charge in [0.15, 0.2) is 0 Å². The van der Waals surface area contributed by atoms with Crippen molar-refractivity contribution in [1.29, 1.82) is 0 Å². The SMILES string of the molecule is COC(=O)[C@@H]1C[C@@H](C(C)C)CN1C(=O)[C@@H](N)C(C)(C)C. The molecular formula is C15H28N2O3. The molecule has 116 valence electrons. The fourth-order valence-electron chi connectivity index (χ4n) is 2.50. The summed E-state index contributed by atoms with van der Waals surface area (Å²) < 4.78 is 4.83. The van der Waals surface area contributed by atoms with Crippen LogP contribution in [0.4, 0.5) is 0 Å². The lowest BCUT2D eigenvalue weighted by molar-refractivity contribution is -0.152. The molecule has 3 atom stereocenters. The molecule has 5 heteroatoms. The van der Waals surface area contributed by atoms with Crippen molar-refractivity contribution in [2.45, 2.75) is 53.1 Å². The fraction of sp³-hybridized carbons (Fsp3) is 0.867. The predicted octanol–water partition coefficient (Wildman–Crippen LogP) is 1.41. The van der Waals surface area contributed by atoms with E-state index in [0.29, 0.717) is 24.8 Å². The molecule has 2 N–H and O–H groups in total. The molecule has 1 aliphatic rings. The summed E-state index contributed by atoms with van der Waals surface area (Å²) in [5.74, 6) is 0.236. The number of hydrogen-bond donors (Lipinski definition) is 1. The van der Waals surface area contributed by atoms with E-state index in [-0.39, 0.29) is 17.3 Å². The highest BCUT2D eigenvalue weighted by molar-refractivity contribution is 5.88. The molecule has 1 fully saturated rings. The molecule has 0 aromatic carbocycles. The lowest BCUT2D eigenvalue weighted by atomic mass is 9.86. The lowest BCUT2D eigenvalue weighted by Crippen LogP contribution is -2.53. The Morgan fingerprint density at radius 3 is 2.25 bits per heavy atom. The zero-order valence-electron chi connectivity index (χ0n) is 13.5. The first-order valence-corrected chi connectivity index (χ1v) is 7.23. The number of amides is 1. The second-order valence-electron chi connectivity index (χ2n) is 7.11. The minimum absolute atomic E-state index is 0.156. The summed E-state index contributed by atoms with van der Waals surface area (Å²) in [7, 11) is 1.36. The number of hydrogen-bond acceptors (Lipinski definition) is 4. The first-order valence-electron chi connectivity index (χ1n) is 7.23. The molecule has 1 saturated heterocycles. The Labute approximate surface area is 121 Å². The normalized spacial score (nSPS) is 24.9. The van der Waals surface area contributed by atoms with Gasteiger partial charge in [0.2, 0.25) is 5.91 Å². The van der Waals surface area contributed by atoms with Crippen LogP contribution >= 0.6 is 0 Å². The molecule has 20 heavy (non-hydrogen) atoms. The van der Waals surface area contributed by atoms with Crippen LogP contribution in [0.3, 0.4) is 0 Å². The van der Waals surface area contributed by atoms with Gasteiger partial charge in [-0.1, -0.05) is 34.6 Å². The molecule has 0 aliphatic carbocycles. The average Bonchev–Trinajstić information content (AvgIpc) is 2.80. The molecule has 0 spiro atoms. The average molecular weight is 284 g/mol. The summed E-state index contributed by atoms with van der Waals surface area (Å²) in [4.78, 5) is 26.1. The van der Waals surface area contributed by atoms with Gasteiger partial charge in [-0.3, -0.25) is 4.79 Å². The van der Waals surface area contributed by atoms with Crippen molar-refractivity contribution in [3.8, 4) is 0 Å². The predicted molar refractivity (Wildman–Crippen MR) is 77.9 cm³/mol. The van der Waals surface area contributed by atoms with Gasteiger partial charge in [-0.15, -0.1) is 0 Å². The minimum Gasteiger partial charge on any atom is -0.467 e. The van der Waals surface area contributed by atoms with E-state index in [1.807, 2.05) is 20.8 Å². The number of rotatable bonds is 3. The van der Waals surface area contributed by atoms with Gasteiger partial charge in [0.1, 0.15) is 6.04 Å². The summed E-state index contributed by atoms with van der Waals surface area (Å²) in [6.45, 7) is 10.6. The number of methoxy groups -OCH3 is 1. The van der Waals surface area contributed by atoms with Gasteiger partial charge in [0.25, 0.3) is 0 Å². The van der Waals surface area contributed by atoms with Crippen LogP contribution in [0, 0.1) is 17.3 Å². The number of nitrogens with two attached hydrogens (primary N) is 1. The number of carbonyl (C=O) groups is 2. The third kappa shape index (κ3) is 3.51. The Morgan fingerprint density at radius 2 is 1.85 bits per heavy atom. The minimum atomic E-state index is -0.611. The van der Waals surface area contributed by atoms with Crippen LogP contribution in [0.25, 0.3) is 0 Å². The van der Waals surface area contributed by atoms with Gasteiger partial charge in [-0.2, -0.15) is 0 Å². The van der Waals surface area contributed by atoms with Gasteiger partial charge < -0.3 is 15.4 Å². The molecule has 0 radical (unpaired) electrons. The number of ether oxygens (including phenoxy) is 1. The maximum absolute atomic E-state index is 12.6. The Kier molecular flexibility index (Phi) is 5.19. The van der Waals surface area contributed by atoms with Crippen molar-refractivity contribution in [1.82, 2.24) is 4.90 Å². The highest BCUT2D eigenvalue weighted by Gasteiger charge is 2.44.